The number of benzene rings is 10. The molecule has 0 aliphatic carbocycles. The van der Waals surface area contributed by atoms with Crippen molar-refractivity contribution in [3.05, 3.63) is 224 Å². The lowest BCUT2D eigenvalue weighted by molar-refractivity contribution is 1.08. The summed E-state index contributed by atoms with van der Waals surface area (Å²) in [5.41, 5.74) is 12.1. The van der Waals surface area contributed by atoms with Gasteiger partial charge in [0, 0.05) is 16.7 Å². The van der Waals surface area contributed by atoms with Crippen molar-refractivity contribution in [2.24, 2.45) is 0 Å². The summed E-state index contributed by atoms with van der Waals surface area (Å²) in [6.45, 7) is 0. The standard InChI is InChI=1S/C57H37N3/c1-4-14-38(15-5-1)40-24-26-42(27-25-40)55-58-56(53-23-13-10-20-47(53)41-18-8-3-9-19-41)60-57(59-55)54-35-34-50(51-21-11-12-22-52(51)54)46-31-33-49-45(37-46)29-28-44-36-43(30-32-48(44)49)39-16-6-2-7-17-39/h1-37H. The highest BCUT2D eigenvalue weighted by atomic mass is 15.0. The van der Waals surface area contributed by atoms with Crippen LogP contribution in [0, 0.1) is 0 Å². The average Bonchev–Trinajstić information content (AvgIpc) is 3.34. The molecule has 3 heteroatoms. The summed E-state index contributed by atoms with van der Waals surface area (Å²) in [5, 5.41) is 7.17. The molecule has 0 aliphatic heterocycles. The lowest BCUT2D eigenvalue weighted by Gasteiger charge is -2.15. The molecule has 0 N–H and O–H groups in total. The van der Waals surface area contributed by atoms with Gasteiger partial charge in [0.15, 0.2) is 17.5 Å². The van der Waals surface area contributed by atoms with Crippen molar-refractivity contribution in [3.63, 3.8) is 0 Å². The lowest BCUT2D eigenvalue weighted by atomic mass is 9.92. The van der Waals surface area contributed by atoms with Crippen LogP contribution in [0.2, 0.25) is 0 Å². The third-order valence-electron chi connectivity index (χ3n) is 11.6. The van der Waals surface area contributed by atoms with Crippen molar-refractivity contribution in [1.82, 2.24) is 15.0 Å². The van der Waals surface area contributed by atoms with Gasteiger partial charge in [0.05, 0.1) is 0 Å². The number of aromatic nitrogens is 3. The second-order valence-electron chi connectivity index (χ2n) is 15.2. The van der Waals surface area contributed by atoms with Gasteiger partial charge in [-0.25, -0.2) is 15.0 Å². The van der Waals surface area contributed by atoms with Gasteiger partial charge in [0.25, 0.3) is 0 Å². The van der Waals surface area contributed by atoms with Crippen LogP contribution < -0.4 is 0 Å². The summed E-state index contributed by atoms with van der Waals surface area (Å²) in [6.07, 6.45) is 0. The Bertz CT molecular complexity index is 3340. The van der Waals surface area contributed by atoms with Crippen LogP contribution in [0.3, 0.4) is 0 Å². The molecule has 11 aromatic rings. The Hall–Kier alpha value is -8.01. The van der Waals surface area contributed by atoms with Crippen molar-refractivity contribution in [2.75, 3.05) is 0 Å². The maximum atomic E-state index is 5.28. The van der Waals surface area contributed by atoms with Crippen LogP contribution in [-0.2, 0) is 0 Å². The molecule has 0 unspecified atom stereocenters. The van der Waals surface area contributed by atoms with Crippen molar-refractivity contribution in [3.8, 4) is 78.7 Å². The molecule has 10 aromatic carbocycles. The molecule has 0 aliphatic rings. The first kappa shape index (κ1) is 35.2. The second-order valence-corrected chi connectivity index (χ2v) is 15.2. The van der Waals surface area contributed by atoms with Gasteiger partial charge >= 0.3 is 0 Å². The molecule has 11 rings (SSSR count). The molecule has 3 nitrogen and oxygen atoms in total. The van der Waals surface area contributed by atoms with Crippen molar-refractivity contribution < 1.29 is 0 Å². The maximum Gasteiger partial charge on any atom is 0.164 e. The Morgan fingerprint density at radius 1 is 0.200 bits per heavy atom. The highest BCUT2D eigenvalue weighted by Gasteiger charge is 2.18. The van der Waals surface area contributed by atoms with E-state index in [9.17, 15) is 0 Å². The van der Waals surface area contributed by atoms with Crippen LogP contribution in [0.1, 0.15) is 0 Å². The minimum atomic E-state index is 0.628. The fourth-order valence-electron chi connectivity index (χ4n) is 8.53. The van der Waals surface area contributed by atoms with E-state index in [2.05, 4.69) is 212 Å². The third kappa shape index (κ3) is 6.49. The predicted molar refractivity (Wildman–Crippen MR) is 250 cm³/mol. The summed E-state index contributed by atoms with van der Waals surface area (Å²) >= 11 is 0. The molecular weight excluding hydrogens is 727 g/mol. The highest BCUT2D eigenvalue weighted by Crippen LogP contribution is 2.39. The monoisotopic (exact) mass is 763 g/mol. The summed E-state index contributed by atoms with van der Waals surface area (Å²) in [7, 11) is 0. The van der Waals surface area contributed by atoms with E-state index in [-0.39, 0.29) is 0 Å². The zero-order chi connectivity index (χ0) is 39.8. The van der Waals surface area contributed by atoms with Gasteiger partial charge in [-0.1, -0.05) is 206 Å². The Morgan fingerprint density at radius 3 is 1.27 bits per heavy atom. The highest BCUT2D eigenvalue weighted by molar-refractivity contribution is 6.11. The van der Waals surface area contributed by atoms with E-state index in [0.29, 0.717) is 17.5 Å². The number of hydrogen-bond acceptors (Lipinski definition) is 3. The first-order valence-corrected chi connectivity index (χ1v) is 20.3. The molecule has 0 atom stereocenters. The van der Waals surface area contributed by atoms with E-state index >= 15 is 0 Å². The Labute approximate surface area is 349 Å². The molecule has 0 saturated carbocycles. The van der Waals surface area contributed by atoms with Crippen LogP contribution in [-0.4, -0.2) is 15.0 Å². The largest absolute Gasteiger partial charge is 0.208 e. The zero-order valence-electron chi connectivity index (χ0n) is 32.7. The van der Waals surface area contributed by atoms with Crippen molar-refractivity contribution in [2.45, 2.75) is 0 Å². The third-order valence-corrected chi connectivity index (χ3v) is 11.6. The average molecular weight is 764 g/mol. The summed E-state index contributed by atoms with van der Waals surface area (Å²) in [6, 6.07) is 79.5. The summed E-state index contributed by atoms with van der Waals surface area (Å²) in [5.74, 6) is 1.89. The molecule has 1 aromatic heterocycles. The second kappa shape index (κ2) is 15.1. The van der Waals surface area contributed by atoms with E-state index in [1.807, 2.05) is 12.1 Å². The molecule has 280 valence electrons. The number of hydrogen-bond donors (Lipinski definition) is 0. The topological polar surface area (TPSA) is 38.7 Å². The first-order chi connectivity index (χ1) is 29.7. The quantitative estimate of drug-likeness (QED) is 0.152. The van der Waals surface area contributed by atoms with Crippen LogP contribution in [0.5, 0.6) is 0 Å². The van der Waals surface area contributed by atoms with Crippen LogP contribution in [0.4, 0.5) is 0 Å². The summed E-state index contributed by atoms with van der Waals surface area (Å²) < 4.78 is 0. The first-order valence-electron chi connectivity index (χ1n) is 20.3. The van der Waals surface area contributed by atoms with E-state index in [1.54, 1.807) is 0 Å². The predicted octanol–water partition coefficient (Wildman–Crippen LogP) is 15.0. The minimum Gasteiger partial charge on any atom is -0.208 e. The Morgan fingerprint density at radius 2 is 0.617 bits per heavy atom. The van der Waals surface area contributed by atoms with E-state index in [4.69, 9.17) is 15.0 Å². The summed E-state index contributed by atoms with van der Waals surface area (Å²) in [4.78, 5) is 15.7. The number of rotatable bonds is 7. The molecule has 0 fully saturated rings. The number of nitrogens with zero attached hydrogens (tertiary/aromatic N) is 3. The maximum absolute atomic E-state index is 5.28. The molecule has 0 spiro atoms. The van der Waals surface area contributed by atoms with Crippen molar-refractivity contribution in [1.29, 1.82) is 0 Å². The molecule has 0 saturated heterocycles. The molecule has 60 heavy (non-hydrogen) atoms. The van der Waals surface area contributed by atoms with Crippen LogP contribution in [0.25, 0.3) is 111 Å². The lowest BCUT2D eigenvalue weighted by Crippen LogP contribution is -2.01. The van der Waals surface area contributed by atoms with E-state index < -0.39 is 0 Å². The number of fused-ring (bicyclic) bond motifs is 4. The minimum absolute atomic E-state index is 0.628. The Kier molecular flexibility index (Phi) is 8.83. The van der Waals surface area contributed by atoms with Gasteiger partial charge in [0.2, 0.25) is 0 Å². The van der Waals surface area contributed by atoms with Gasteiger partial charge in [-0.2, -0.15) is 0 Å². The smallest absolute Gasteiger partial charge is 0.164 e. The molecule has 0 bridgehead atoms. The van der Waals surface area contributed by atoms with Gasteiger partial charge < -0.3 is 0 Å². The van der Waals surface area contributed by atoms with Gasteiger partial charge in [-0.3, -0.25) is 0 Å². The fourth-order valence-corrected chi connectivity index (χ4v) is 8.53. The van der Waals surface area contributed by atoms with Crippen molar-refractivity contribution >= 4 is 32.3 Å². The molecule has 1 heterocycles. The SMILES string of the molecule is c1ccc(-c2ccc(-c3nc(-c4ccccc4-c4ccccc4)nc(-c4ccc(-c5ccc6c(ccc7cc(-c8ccccc8)ccc76)c5)c5ccccc45)n3)cc2)cc1. The van der Waals surface area contributed by atoms with E-state index in [0.717, 1.165) is 55.3 Å². The van der Waals surface area contributed by atoms with Crippen LogP contribution >= 0.6 is 0 Å². The normalized spacial score (nSPS) is 11.3. The van der Waals surface area contributed by atoms with Gasteiger partial charge in [0.1, 0.15) is 0 Å². The fraction of sp³-hybridized carbons (Fsp3) is 0. The molecular formula is C57H37N3. The van der Waals surface area contributed by atoms with E-state index in [1.165, 1.54) is 38.2 Å². The van der Waals surface area contributed by atoms with Gasteiger partial charge in [-0.05, 0) is 95.0 Å². The zero-order valence-corrected chi connectivity index (χ0v) is 32.7. The molecule has 0 radical (unpaired) electrons. The van der Waals surface area contributed by atoms with Crippen LogP contribution in [0.15, 0.2) is 224 Å². The molecule has 0 amide bonds. The van der Waals surface area contributed by atoms with Gasteiger partial charge in [-0.15, -0.1) is 0 Å². The Balaban J connectivity index is 1.04.